The van der Waals surface area contributed by atoms with E-state index in [1.54, 1.807) is 31.2 Å². The summed E-state index contributed by atoms with van der Waals surface area (Å²) in [6.45, 7) is 0.314. The molecule has 0 aliphatic carbocycles. The molecule has 0 aliphatic rings. The van der Waals surface area contributed by atoms with Gasteiger partial charge < -0.3 is 31.2 Å². The molecule has 0 saturated heterocycles. The second-order valence-corrected chi connectivity index (χ2v) is 9.68. The number of aliphatic carboxylic acids is 1. The molecule has 11 nitrogen and oxygen atoms in total. The van der Waals surface area contributed by atoms with Gasteiger partial charge in [-0.05, 0) is 68.1 Å². The quantitative estimate of drug-likeness (QED) is 0.109. The van der Waals surface area contributed by atoms with Crippen LogP contribution in [0.15, 0.2) is 48.5 Å². The van der Waals surface area contributed by atoms with Crippen LogP contribution in [0.4, 0.5) is 30.8 Å². The van der Waals surface area contributed by atoms with Gasteiger partial charge in [0.25, 0.3) is 5.91 Å². The maximum absolute atomic E-state index is 12.7. The van der Waals surface area contributed by atoms with Crippen molar-refractivity contribution in [3.63, 3.8) is 0 Å². The van der Waals surface area contributed by atoms with E-state index >= 15 is 0 Å². The van der Waals surface area contributed by atoms with E-state index in [1.807, 2.05) is 0 Å². The predicted molar refractivity (Wildman–Crippen MR) is 151 cm³/mol. The van der Waals surface area contributed by atoms with E-state index in [0.717, 1.165) is 5.56 Å². The summed E-state index contributed by atoms with van der Waals surface area (Å²) in [6.07, 6.45) is -2.64. The maximum atomic E-state index is 12.7. The van der Waals surface area contributed by atoms with Crippen molar-refractivity contribution in [2.24, 2.45) is 0 Å². The summed E-state index contributed by atoms with van der Waals surface area (Å²) in [4.78, 5) is 36.2. The van der Waals surface area contributed by atoms with Gasteiger partial charge in [-0.1, -0.05) is 30.2 Å². The van der Waals surface area contributed by atoms with Crippen LogP contribution in [0, 0.1) is 5.41 Å². The fraction of sp³-hybridized carbons (Fsp3) is 0.333. The van der Waals surface area contributed by atoms with Gasteiger partial charge in [-0.15, -0.1) is 0 Å². The number of anilines is 3. The van der Waals surface area contributed by atoms with E-state index in [9.17, 15) is 27.9 Å². The lowest BCUT2D eigenvalue weighted by Gasteiger charge is -2.15. The van der Waals surface area contributed by atoms with Gasteiger partial charge in [-0.3, -0.25) is 4.79 Å². The molecule has 0 spiro atoms. The molecule has 0 bridgehead atoms. The van der Waals surface area contributed by atoms with Crippen LogP contribution in [0.3, 0.4) is 0 Å². The molecule has 1 heterocycles. The lowest BCUT2D eigenvalue weighted by Crippen LogP contribution is -2.40. The number of carbonyl (C=O) groups is 2. The van der Waals surface area contributed by atoms with Gasteiger partial charge in [0.2, 0.25) is 11.9 Å². The van der Waals surface area contributed by atoms with Crippen molar-refractivity contribution in [3.05, 3.63) is 64.7 Å². The van der Waals surface area contributed by atoms with Gasteiger partial charge in [-0.25, -0.2) is 4.79 Å². The third kappa shape index (κ3) is 11.2. The van der Waals surface area contributed by atoms with Gasteiger partial charge in [-0.2, -0.15) is 28.1 Å². The van der Waals surface area contributed by atoms with Crippen LogP contribution in [0.5, 0.6) is 6.01 Å². The highest BCUT2D eigenvalue weighted by molar-refractivity contribution is 6.30. The molecule has 0 radical (unpaired) electrons. The highest BCUT2D eigenvalue weighted by atomic mass is 35.5. The number of halogens is 4. The number of benzene rings is 2. The first-order valence-electron chi connectivity index (χ1n) is 12.8. The number of hydrogen-bond acceptors (Lipinski definition) is 9. The Morgan fingerprint density at radius 1 is 1.02 bits per heavy atom. The van der Waals surface area contributed by atoms with E-state index in [0.29, 0.717) is 35.7 Å². The van der Waals surface area contributed by atoms with Crippen LogP contribution in [0.1, 0.15) is 48.5 Å². The van der Waals surface area contributed by atoms with Crippen LogP contribution in [-0.4, -0.2) is 56.5 Å². The number of nitrogens with zero attached hydrogens (tertiary/aromatic N) is 3. The summed E-state index contributed by atoms with van der Waals surface area (Å²) < 4.78 is 42.9. The maximum Gasteiger partial charge on any atom is 0.422 e. The first-order valence-corrected chi connectivity index (χ1v) is 13.1. The highest BCUT2D eigenvalue weighted by Gasteiger charge is 2.29. The summed E-state index contributed by atoms with van der Waals surface area (Å²) in [5.74, 6) is -1.92. The Bertz CT molecular complexity index is 1370. The zero-order chi connectivity index (χ0) is 30.7. The van der Waals surface area contributed by atoms with Crippen LogP contribution in [0.25, 0.3) is 0 Å². The lowest BCUT2D eigenvalue weighted by molar-refractivity contribution is -0.154. The van der Waals surface area contributed by atoms with Crippen LogP contribution >= 0.6 is 11.6 Å². The number of carboxylic acids is 1. The SMILES string of the molecule is CC(=N)CCCC[C@H](NC(=O)c1ccc(Nc2nc(NCc3ccc(Cl)cc3)nc(OCC(F)(F)F)n2)cc1)C(=O)O. The number of rotatable bonds is 15. The number of hydrogen-bond donors (Lipinski definition) is 5. The normalized spacial score (nSPS) is 11.8. The number of amides is 1. The lowest BCUT2D eigenvalue weighted by atomic mass is 10.1. The van der Waals surface area contributed by atoms with Crippen molar-refractivity contribution < 1.29 is 32.6 Å². The smallest absolute Gasteiger partial charge is 0.422 e. The third-order valence-electron chi connectivity index (χ3n) is 5.64. The van der Waals surface area contributed by atoms with Gasteiger partial charge in [0.1, 0.15) is 6.04 Å². The summed E-state index contributed by atoms with van der Waals surface area (Å²) in [6, 6.07) is 11.1. The molecule has 1 atom stereocenters. The number of carbonyl (C=O) groups excluding carboxylic acids is 1. The van der Waals surface area contributed by atoms with Crippen molar-refractivity contribution in [2.45, 2.75) is 51.4 Å². The summed E-state index contributed by atoms with van der Waals surface area (Å²) in [7, 11) is 0. The molecule has 0 unspecified atom stereocenters. The Hall–Kier alpha value is -4.46. The Morgan fingerprint density at radius 2 is 1.69 bits per heavy atom. The molecule has 3 aromatic rings. The molecule has 224 valence electrons. The molecule has 2 aromatic carbocycles. The zero-order valence-corrected chi connectivity index (χ0v) is 23.2. The van der Waals surface area contributed by atoms with Crippen LogP contribution in [-0.2, 0) is 11.3 Å². The van der Waals surface area contributed by atoms with E-state index in [2.05, 4.69) is 30.9 Å². The molecule has 1 amide bonds. The minimum absolute atomic E-state index is 0.0499. The Morgan fingerprint density at radius 3 is 2.31 bits per heavy atom. The second kappa shape index (κ2) is 15.0. The van der Waals surface area contributed by atoms with Crippen LogP contribution < -0.4 is 20.7 Å². The zero-order valence-electron chi connectivity index (χ0n) is 22.5. The number of unbranched alkanes of at least 4 members (excludes halogenated alkanes) is 1. The average Bonchev–Trinajstić information content (AvgIpc) is 2.93. The molecule has 3 rings (SSSR count). The Kier molecular flexibility index (Phi) is 11.4. The largest absolute Gasteiger partial charge is 0.480 e. The van der Waals surface area contributed by atoms with Gasteiger partial charge >= 0.3 is 18.2 Å². The fourth-order valence-electron chi connectivity index (χ4n) is 3.56. The molecular formula is C27H29ClF3N7O4. The minimum Gasteiger partial charge on any atom is -0.480 e. The number of alkyl halides is 3. The number of aromatic nitrogens is 3. The minimum atomic E-state index is -4.60. The van der Waals surface area contributed by atoms with Crippen LogP contribution in [0.2, 0.25) is 5.02 Å². The average molecular weight is 608 g/mol. The van der Waals surface area contributed by atoms with E-state index in [-0.39, 0.29) is 30.4 Å². The van der Waals surface area contributed by atoms with Crippen molar-refractivity contribution in [1.29, 1.82) is 5.41 Å². The summed E-state index contributed by atoms with van der Waals surface area (Å²) in [5.41, 5.74) is 1.90. The Balaban J connectivity index is 1.68. The molecular weight excluding hydrogens is 579 g/mol. The molecule has 42 heavy (non-hydrogen) atoms. The highest BCUT2D eigenvalue weighted by Crippen LogP contribution is 2.21. The molecule has 5 N–H and O–H groups in total. The number of carboxylic acid groups (broad SMARTS) is 1. The van der Waals surface area contributed by atoms with Crippen molar-refractivity contribution in [2.75, 3.05) is 17.2 Å². The number of ether oxygens (including phenoxy) is 1. The van der Waals surface area contributed by atoms with Crippen molar-refractivity contribution in [3.8, 4) is 6.01 Å². The van der Waals surface area contributed by atoms with Crippen molar-refractivity contribution in [1.82, 2.24) is 20.3 Å². The molecule has 0 saturated carbocycles. The Labute approximate surface area is 244 Å². The topological polar surface area (TPSA) is 162 Å². The summed E-state index contributed by atoms with van der Waals surface area (Å²) in [5, 5.41) is 25.7. The fourth-order valence-corrected chi connectivity index (χ4v) is 3.68. The van der Waals surface area contributed by atoms with E-state index in [1.165, 1.54) is 24.3 Å². The third-order valence-corrected chi connectivity index (χ3v) is 5.90. The number of nitrogens with one attached hydrogen (secondary N) is 4. The summed E-state index contributed by atoms with van der Waals surface area (Å²) >= 11 is 5.89. The van der Waals surface area contributed by atoms with Gasteiger partial charge in [0, 0.05) is 28.5 Å². The monoisotopic (exact) mass is 607 g/mol. The second-order valence-electron chi connectivity index (χ2n) is 9.24. The first kappa shape index (κ1) is 32.1. The van der Waals surface area contributed by atoms with Gasteiger partial charge in [0.15, 0.2) is 6.61 Å². The molecule has 15 heteroatoms. The molecule has 1 aromatic heterocycles. The van der Waals surface area contributed by atoms with E-state index in [4.69, 9.17) is 21.7 Å². The van der Waals surface area contributed by atoms with E-state index < -0.39 is 36.7 Å². The first-order chi connectivity index (χ1) is 19.9. The molecule has 0 aliphatic heterocycles. The van der Waals surface area contributed by atoms with Gasteiger partial charge in [0.05, 0.1) is 0 Å². The van der Waals surface area contributed by atoms with Crippen molar-refractivity contribution >= 4 is 46.8 Å². The molecule has 0 fully saturated rings. The standard InChI is InChI=1S/C27H29ClF3N7O4/c1-16(32)4-2-3-5-21(23(40)41)35-22(39)18-8-12-20(13-9-18)34-25-36-24(33-14-17-6-10-19(28)11-7-17)37-26(38-25)42-15-27(29,30)31/h6-13,21,32H,2-5,14-15H2,1H3,(H,35,39)(H,40,41)(H2,33,34,36,37,38)/t21-/m0/s1. The predicted octanol–water partition coefficient (Wildman–Crippen LogP) is 5.60.